The lowest BCUT2D eigenvalue weighted by Crippen LogP contribution is -2.55. The molecule has 2 amide bonds. The summed E-state index contributed by atoms with van der Waals surface area (Å²) in [6, 6.07) is 12.9. The normalized spacial score (nSPS) is 12.4. The van der Waals surface area contributed by atoms with Gasteiger partial charge in [0.1, 0.15) is 24.1 Å². The number of carbonyl (C=O) groups is 2. The van der Waals surface area contributed by atoms with Crippen LogP contribution in [0.25, 0.3) is 0 Å². The summed E-state index contributed by atoms with van der Waals surface area (Å²) in [4.78, 5) is 28.4. The number of rotatable bonds is 11. The van der Waals surface area contributed by atoms with Crippen LogP contribution in [0.4, 0.5) is 5.69 Å². The van der Waals surface area contributed by atoms with E-state index in [2.05, 4.69) is 5.32 Å². The first-order valence-electron chi connectivity index (χ1n) is 11.7. The smallest absolute Gasteiger partial charge is 0.244 e. The fourth-order valence-corrected chi connectivity index (χ4v) is 4.62. The topological polar surface area (TPSA) is 105 Å². The Morgan fingerprint density at radius 1 is 1.03 bits per heavy atom. The summed E-state index contributed by atoms with van der Waals surface area (Å²) in [5.41, 5.74) is 0.475. The number of hydrogen-bond acceptors (Lipinski definition) is 6. The fraction of sp³-hybridized carbons (Fsp3) is 0.462. The molecule has 198 valence electrons. The molecule has 1 atom stereocenters. The average Bonchev–Trinajstić information content (AvgIpc) is 2.80. The molecular weight excluding hydrogens is 482 g/mol. The van der Waals surface area contributed by atoms with Crippen molar-refractivity contribution in [3.8, 4) is 11.5 Å². The lowest BCUT2D eigenvalue weighted by Gasteiger charge is -2.34. The monoisotopic (exact) mass is 519 g/mol. The summed E-state index contributed by atoms with van der Waals surface area (Å²) in [7, 11) is -0.882. The minimum atomic E-state index is -3.86. The number of hydrogen-bond donors (Lipinski definition) is 1. The van der Waals surface area contributed by atoms with Gasteiger partial charge < -0.3 is 19.7 Å². The van der Waals surface area contributed by atoms with Crippen LogP contribution in [0.5, 0.6) is 11.5 Å². The van der Waals surface area contributed by atoms with E-state index in [4.69, 9.17) is 9.47 Å². The van der Waals surface area contributed by atoms with Crippen molar-refractivity contribution in [1.29, 1.82) is 0 Å². The van der Waals surface area contributed by atoms with E-state index in [1.54, 1.807) is 49.6 Å². The number of carbonyl (C=O) groups excluding carboxylic acids is 2. The first kappa shape index (κ1) is 29.0. The van der Waals surface area contributed by atoms with Crippen LogP contribution in [0.2, 0.25) is 0 Å². The Bertz CT molecular complexity index is 1160. The van der Waals surface area contributed by atoms with Gasteiger partial charge in [0.15, 0.2) is 0 Å². The second-order valence-corrected chi connectivity index (χ2v) is 11.4. The summed E-state index contributed by atoms with van der Waals surface area (Å²) in [6.07, 6.45) is 1.37. The zero-order valence-corrected chi connectivity index (χ0v) is 22.9. The molecular formula is C26H37N3O6S. The molecule has 0 spiro atoms. The Balaban J connectivity index is 2.51. The van der Waals surface area contributed by atoms with Gasteiger partial charge in [-0.3, -0.25) is 13.9 Å². The van der Waals surface area contributed by atoms with Crippen molar-refractivity contribution in [2.45, 2.75) is 52.2 Å². The van der Waals surface area contributed by atoms with Gasteiger partial charge in [-0.05, 0) is 57.0 Å². The van der Waals surface area contributed by atoms with Gasteiger partial charge in [-0.25, -0.2) is 8.42 Å². The maximum Gasteiger partial charge on any atom is 0.244 e. The highest BCUT2D eigenvalue weighted by Gasteiger charge is 2.33. The quantitative estimate of drug-likeness (QED) is 0.489. The summed E-state index contributed by atoms with van der Waals surface area (Å²) in [5, 5.41) is 2.94. The molecule has 2 aromatic rings. The maximum absolute atomic E-state index is 13.8. The van der Waals surface area contributed by atoms with Gasteiger partial charge in [-0.1, -0.05) is 31.2 Å². The summed E-state index contributed by atoms with van der Waals surface area (Å²) < 4.78 is 37.2. The fourth-order valence-electron chi connectivity index (χ4n) is 3.77. The zero-order chi connectivity index (χ0) is 27.1. The minimum absolute atomic E-state index is 0.0929. The van der Waals surface area contributed by atoms with Gasteiger partial charge in [-0.15, -0.1) is 0 Å². The number of para-hydroxylation sites is 2. The first-order valence-corrected chi connectivity index (χ1v) is 13.5. The maximum atomic E-state index is 13.8. The minimum Gasteiger partial charge on any atom is -0.497 e. The largest absolute Gasteiger partial charge is 0.497 e. The lowest BCUT2D eigenvalue weighted by atomic mass is 10.1. The highest BCUT2D eigenvalue weighted by molar-refractivity contribution is 7.92. The van der Waals surface area contributed by atoms with Crippen LogP contribution < -0.4 is 19.1 Å². The number of sulfonamides is 1. The summed E-state index contributed by atoms with van der Waals surface area (Å²) in [6.45, 7) is 6.99. The van der Waals surface area contributed by atoms with Crippen molar-refractivity contribution in [1.82, 2.24) is 10.2 Å². The second-order valence-electron chi connectivity index (χ2n) is 9.48. The molecule has 9 nitrogen and oxygen atoms in total. The predicted octanol–water partition coefficient (Wildman–Crippen LogP) is 3.19. The highest BCUT2D eigenvalue weighted by atomic mass is 32.2. The van der Waals surface area contributed by atoms with Crippen LogP contribution in [-0.2, 0) is 26.2 Å². The molecule has 0 aliphatic rings. The van der Waals surface area contributed by atoms with Crippen molar-refractivity contribution in [3.05, 3.63) is 54.1 Å². The average molecular weight is 520 g/mol. The third kappa shape index (κ3) is 7.87. The van der Waals surface area contributed by atoms with E-state index in [1.807, 2.05) is 33.8 Å². The number of methoxy groups -OCH3 is 2. The van der Waals surface area contributed by atoms with Gasteiger partial charge in [-0.2, -0.15) is 0 Å². The van der Waals surface area contributed by atoms with E-state index in [0.29, 0.717) is 17.9 Å². The molecule has 0 aromatic heterocycles. The van der Waals surface area contributed by atoms with Crippen LogP contribution in [-0.4, -0.2) is 63.7 Å². The second kappa shape index (κ2) is 12.1. The molecule has 36 heavy (non-hydrogen) atoms. The van der Waals surface area contributed by atoms with Gasteiger partial charge >= 0.3 is 0 Å². The van der Waals surface area contributed by atoms with E-state index in [-0.39, 0.29) is 18.1 Å². The number of benzene rings is 2. The molecule has 0 unspecified atom stereocenters. The number of nitrogens with one attached hydrogen (secondary N) is 1. The molecule has 1 N–H and O–H groups in total. The van der Waals surface area contributed by atoms with Crippen molar-refractivity contribution in [2.75, 3.05) is 31.3 Å². The van der Waals surface area contributed by atoms with Gasteiger partial charge in [0.25, 0.3) is 0 Å². The Morgan fingerprint density at radius 2 is 1.69 bits per heavy atom. The van der Waals surface area contributed by atoms with Gasteiger partial charge in [0, 0.05) is 12.1 Å². The molecule has 2 rings (SSSR count). The molecule has 2 aromatic carbocycles. The van der Waals surface area contributed by atoms with E-state index >= 15 is 0 Å². The van der Waals surface area contributed by atoms with Gasteiger partial charge in [0.2, 0.25) is 21.8 Å². The molecule has 0 aliphatic carbocycles. The molecule has 10 heteroatoms. The Kier molecular flexibility index (Phi) is 9.75. The highest BCUT2D eigenvalue weighted by Crippen LogP contribution is 2.30. The lowest BCUT2D eigenvalue weighted by molar-refractivity contribution is -0.141. The number of nitrogens with zero attached hydrogens (tertiary/aromatic N) is 2. The molecule has 0 saturated heterocycles. The summed E-state index contributed by atoms with van der Waals surface area (Å²) >= 11 is 0. The Hall–Kier alpha value is -3.27. The van der Waals surface area contributed by atoms with Crippen molar-refractivity contribution < 1.29 is 27.5 Å². The van der Waals surface area contributed by atoms with Crippen LogP contribution in [0, 0.1) is 0 Å². The number of anilines is 1. The van der Waals surface area contributed by atoms with Crippen LogP contribution in [0.15, 0.2) is 48.5 Å². The van der Waals surface area contributed by atoms with Gasteiger partial charge in [0.05, 0.1) is 26.2 Å². The van der Waals surface area contributed by atoms with Crippen molar-refractivity contribution >= 4 is 27.5 Å². The molecule has 0 saturated carbocycles. The standard InChI is InChI=1S/C26H37N3O6S/c1-8-21(25(31)27-26(2,3)4)28(17-19-12-11-13-20(16-19)34-5)24(30)18-29(36(7,32)33)22-14-9-10-15-23(22)35-6/h9-16,21H,8,17-18H2,1-7H3,(H,27,31)/t21-/m1/s1. The van der Waals surface area contributed by atoms with Crippen molar-refractivity contribution in [3.63, 3.8) is 0 Å². The molecule has 0 aliphatic heterocycles. The molecule has 0 radical (unpaired) electrons. The third-order valence-electron chi connectivity index (χ3n) is 5.40. The predicted molar refractivity (Wildman–Crippen MR) is 141 cm³/mol. The third-order valence-corrected chi connectivity index (χ3v) is 6.53. The van der Waals surface area contributed by atoms with E-state index in [0.717, 1.165) is 16.1 Å². The Labute approximate surface area is 214 Å². The number of amides is 2. The van der Waals surface area contributed by atoms with E-state index in [9.17, 15) is 18.0 Å². The van der Waals surface area contributed by atoms with Crippen LogP contribution in [0.1, 0.15) is 39.7 Å². The Morgan fingerprint density at radius 3 is 2.25 bits per heavy atom. The zero-order valence-electron chi connectivity index (χ0n) is 22.1. The van der Waals surface area contributed by atoms with Crippen molar-refractivity contribution in [2.24, 2.45) is 0 Å². The SMILES string of the molecule is CC[C@H](C(=O)NC(C)(C)C)N(Cc1cccc(OC)c1)C(=O)CN(c1ccccc1OC)S(C)(=O)=O. The van der Waals surface area contributed by atoms with E-state index in [1.165, 1.54) is 12.0 Å². The van der Waals surface area contributed by atoms with Crippen LogP contribution >= 0.6 is 0 Å². The van der Waals surface area contributed by atoms with Crippen LogP contribution in [0.3, 0.4) is 0 Å². The first-order chi connectivity index (χ1) is 16.8. The molecule has 0 bridgehead atoms. The van der Waals surface area contributed by atoms with E-state index < -0.39 is 34.1 Å². The summed E-state index contributed by atoms with van der Waals surface area (Å²) in [5.74, 6) is 0.0842. The molecule has 0 fully saturated rings. The number of ether oxygens (including phenoxy) is 2. The molecule has 0 heterocycles.